The fourth-order valence-corrected chi connectivity index (χ4v) is 3.87. The highest BCUT2D eigenvalue weighted by atomic mass is 16.4. The van der Waals surface area contributed by atoms with Gasteiger partial charge in [0.15, 0.2) is 5.82 Å². The number of pyridine rings is 1. The predicted molar refractivity (Wildman–Crippen MR) is 128 cm³/mol. The Morgan fingerprint density at radius 2 is 1.67 bits per heavy atom. The number of benzene rings is 2. The maximum absolute atomic E-state index is 11.5. The number of hydrogen-bond acceptors (Lipinski definition) is 4. The van der Waals surface area contributed by atoms with Gasteiger partial charge in [0.25, 0.3) is 0 Å². The summed E-state index contributed by atoms with van der Waals surface area (Å²) in [6.07, 6.45) is 6.40. The van der Waals surface area contributed by atoms with Gasteiger partial charge in [-0.25, -0.2) is 14.5 Å². The van der Waals surface area contributed by atoms with Gasteiger partial charge in [0.1, 0.15) is 5.82 Å². The number of carboxylic acid groups (broad SMARTS) is 1. The summed E-state index contributed by atoms with van der Waals surface area (Å²) in [6, 6.07) is 21.4. The van der Waals surface area contributed by atoms with Crippen molar-refractivity contribution in [2.24, 2.45) is 0 Å². The van der Waals surface area contributed by atoms with Crippen molar-refractivity contribution in [3.05, 3.63) is 101 Å². The van der Waals surface area contributed by atoms with Crippen LogP contribution in [0.25, 0.3) is 11.3 Å². The molecule has 4 aromatic rings. The lowest BCUT2D eigenvalue weighted by atomic mass is 10.0. The molecule has 0 amide bonds. The summed E-state index contributed by atoms with van der Waals surface area (Å²) in [7, 11) is 0. The maximum Gasteiger partial charge on any atom is 0.337 e. The molecule has 0 aliphatic rings. The second kappa shape index (κ2) is 10.7. The SMILES string of the molecule is CCCCCn1nc(Cc2ccccc2)nc1Cc1ccc(-c2ncccc2C(=O)O)cc1. The molecule has 0 unspecified atom stereocenters. The smallest absolute Gasteiger partial charge is 0.337 e. The zero-order valence-corrected chi connectivity index (χ0v) is 18.8. The first-order chi connectivity index (χ1) is 16.1. The van der Waals surface area contributed by atoms with E-state index in [0.717, 1.165) is 48.6 Å². The molecule has 2 heterocycles. The second-order valence-electron chi connectivity index (χ2n) is 8.12. The summed E-state index contributed by atoms with van der Waals surface area (Å²) in [5.74, 6) is 0.811. The maximum atomic E-state index is 11.5. The highest BCUT2D eigenvalue weighted by molar-refractivity contribution is 5.94. The molecule has 33 heavy (non-hydrogen) atoms. The minimum absolute atomic E-state index is 0.200. The fourth-order valence-electron chi connectivity index (χ4n) is 3.87. The van der Waals surface area contributed by atoms with E-state index in [1.54, 1.807) is 18.3 Å². The third-order valence-electron chi connectivity index (χ3n) is 5.60. The Balaban J connectivity index is 1.55. The Morgan fingerprint density at radius 3 is 2.39 bits per heavy atom. The van der Waals surface area contributed by atoms with Crippen LogP contribution in [0.3, 0.4) is 0 Å². The third-order valence-corrected chi connectivity index (χ3v) is 5.60. The van der Waals surface area contributed by atoms with Gasteiger partial charge in [0.2, 0.25) is 0 Å². The topological polar surface area (TPSA) is 80.9 Å². The Bertz CT molecular complexity index is 1200. The van der Waals surface area contributed by atoms with Crippen LogP contribution in [-0.4, -0.2) is 30.8 Å². The van der Waals surface area contributed by atoms with E-state index >= 15 is 0 Å². The molecule has 0 atom stereocenters. The quantitative estimate of drug-likeness (QED) is 0.334. The molecule has 6 heteroatoms. The van der Waals surface area contributed by atoms with Crippen molar-refractivity contribution in [2.75, 3.05) is 0 Å². The number of carboxylic acids is 1. The number of carbonyl (C=O) groups is 1. The lowest BCUT2D eigenvalue weighted by Crippen LogP contribution is -2.07. The van der Waals surface area contributed by atoms with E-state index in [2.05, 4.69) is 24.0 Å². The molecule has 0 radical (unpaired) electrons. The number of hydrogen-bond donors (Lipinski definition) is 1. The van der Waals surface area contributed by atoms with Crippen LogP contribution in [0.2, 0.25) is 0 Å². The van der Waals surface area contributed by atoms with Crippen molar-refractivity contribution < 1.29 is 9.90 Å². The van der Waals surface area contributed by atoms with Crippen LogP contribution in [0, 0.1) is 0 Å². The van der Waals surface area contributed by atoms with Crippen molar-refractivity contribution >= 4 is 5.97 Å². The summed E-state index contributed by atoms with van der Waals surface area (Å²) < 4.78 is 2.04. The van der Waals surface area contributed by atoms with Crippen molar-refractivity contribution in [3.63, 3.8) is 0 Å². The van der Waals surface area contributed by atoms with Crippen molar-refractivity contribution in [3.8, 4) is 11.3 Å². The Labute approximate surface area is 194 Å². The monoisotopic (exact) mass is 440 g/mol. The average molecular weight is 441 g/mol. The fraction of sp³-hybridized carbons (Fsp3) is 0.259. The average Bonchev–Trinajstić information content (AvgIpc) is 3.21. The molecule has 1 N–H and O–H groups in total. The third kappa shape index (κ3) is 5.71. The van der Waals surface area contributed by atoms with Crippen LogP contribution in [0.15, 0.2) is 72.9 Å². The number of unbranched alkanes of at least 4 members (excludes halogenated alkanes) is 2. The molecule has 2 aromatic heterocycles. The Kier molecular flexibility index (Phi) is 7.25. The van der Waals surface area contributed by atoms with Gasteiger partial charge in [-0.3, -0.25) is 4.98 Å². The Hall–Kier alpha value is -3.80. The number of aromatic nitrogens is 4. The van der Waals surface area contributed by atoms with Gasteiger partial charge >= 0.3 is 5.97 Å². The van der Waals surface area contributed by atoms with Gasteiger partial charge in [-0.1, -0.05) is 74.4 Å². The van der Waals surface area contributed by atoms with Crippen LogP contribution in [0.5, 0.6) is 0 Å². The van der Waals surface area contributed by atoms with E-state index in [9.17, 15) is 9.90 Å². The van der Waals surface area contributed by atoms with E-state index in [-0.39, 0.29) is 5.56 Å². The number of aromatic carboxylic acids is 1. The first-order valence-corrected chi connectivity index (χ1v) is 11.4. The summed E-state index contributed by atoms with van der Waals surface area (Å²) in [6.45, 7) is 3.06. The van der Waals surface area contributed by atoms with Gasteiger partial charge in [0, 0.05) is 31.1 Å². The van der Waals surface area contributed by atoms with Gasteiger partial charge in [-0.15, -0.1) is 0 Å². The van der Waals surface area contributed by atoms with Gasteiger partial charge in [0.05, 0.1) is 11.3 Å². The second-order valence-corrected chi connectivity index (χ2v) is 8.12. The molecule has 0 aliphatic carbocycles. The minimum Gasteiger partial charge on any atom is -0.478 e. The molecule has 168 valence electrons. The van der Waals surface area contributed by atoms with Crippen LogP contribution >= 0.6 is 0 Å². The van der Waals surface area contributed by atoms with E-state index in [4.69, 9.17) is 10.1 Å². The van der Waals surface area contributed by atoms with Crippen molar-refractivity contribution in [1.29, 1.82) is 0 Å². The highest BCUT2D eigenvalue weighted by Gasteiger charge is 2.14. The van der Waals surface area contributed by atoms with Crippen LogP contribution < -0.4 is 0 Å². The number of rotatable bonds is 10. The zero-order valence-electron chi connectivity index (χ0n) is 18.8. The highest BCUT2D eigenvalue weighted by Crippen LogP contribution is 2.22. The summed E-state index contributed by atoms with van der Waals surface area (Å²) in [5.41, 5.74) is 3.76. The first-order valence-electron chi connectivity index (χ1n) is 11.4. The normalized spacial score (nSPS) is 10.9. The zero-order chi connectivity index (χ0) is 23.0. The molecular formula is C27H28N4O2. The molecular weight excluding hydrogens is 412 g/mol. The first kappa shape index (κ1) is 22.4. The van der Waals surface area contributed by atoms with Crippen LogP contribution in [-0.2, 0) is 19.4 Å². The lowest BCUT2D eigenvalue weighted by Gasteiger charge is -2.08. The number of aryl methyl sites for hydroxylation is 1. The number of nitrogens with zero attached hydrogens (tertiary/aromatic N) is 4. The minimum atomic E-state index is -0.978. The molecule has 6 nitrogen and oxygen atoms in total. The summed E-state index contributed by atoms with van der Waals surface area (Å²) >= 11 is 0. The lowest BCUT2D eigenvalue weighted by molar-refractivity contribution is 0.0697. The molecule has 4 rings (SSSR count). The Morgan fingerprint density at radius 1 is 0.909 bits per heavy atom. The van der Waals surface area contributed by atoms with E-state index in [1.807, 2.05) is 47.1 Å². The molecule has 0 aliphatic heterocycles. The van der Waals surface area contributed by atoms with Crippen LogP contribution in [0.1, 0.15) is 59.3 Å². The van der Waals surface area contributed by atoms with Gasteiger partial charge < -0.3 is 5.11 Å². The molecule has 0 saturated heterocycles. The standard InChI is InChI=1S/C27H28N4O2/c1-2-3-7-17-31-25(29-24(30-31)18-20-9-5-4-6-10-20)19-21-12-14-22(15-13-21)26-23(27(32)33)11-8-16-28-26/h4-6,8-16H,2-3,7,17-19H2,1H3,(H,32,33). The molecule has 2 aromatic carbocycles. The molecule has 0 fully saturated rings. The molecule has 0 bridgehead atoms. The summed E-state index contributed by atoms with van der Waals surface area (Å²) in [5, 5.41) is 14.2. The van der Waals surface area contributed by atoms with Gasteiger partial charge in [-0.05, 0) is 29.7 Å². The molecule has 0 spiro atoms. The van der Waals surface area contributed by atoms with Crippen molar-refractivity contribution in [2.45, 2.75) is 45.6 Å². The van der Waals surface area contributed by atoms with Crippen molar-refractivity contribution in [1.82, 2.24) is 19.7 Å². The van der Waals surface area contributed by atoms with E-state index < -0.39 is 5.97 Å². The van der Waals surface area contributed by atoms with E-state index in [1.165, 1.54) is 5.56 Å². The van der Waals surface area contributed by atoms with Gasteiger partial charge in [-0.2, -0.15) is 5.10 Å². The summed E-state index contributed by atoms with van der Waals surface area (Å²) in [4.78, 5) is 20.7. The van der Waals surface area contributed by atoms with E-state index in [0.29, 0.717) is 18.5 Å². The largest absolute Gasteiger partial charge is 0.478 e. The van der Waals surface area contributed by atoms with Crippen LogP contribution in [0.4, 0.5) is 0 Å². The molecule has 0 saturated carbocycles. The predicted octanol–water partition coefficient (Wildman–Crippen LogP) is 5.41.